The molecule has 2 saturated heterocycles. The van der Waals surface area contributed by atoms with Crippen molar-refractivity contribution in [3.63, 3.8) is 0 Å². The average molecular weight is 555 g/mol. The molecule has 0 unspecified atom stereocenters. The molecule has 0 bridgehead atoms. The third-order valence-electron chi connectivity index (χ3n) is 4.68. The zero-order chi connectivity index (χ0) is 18.3. The Labute approximate surface area is 176 Å². The second kappa shape index (κ2) is 14.1. The molecule has 2 radical (unpaired) electrons. The summed E-state index contributed by atoms with van der Waals surface area (Å²) in [7, 11) is 4.25. The summed E-state index contributed by atoms with van der Waals surface area (Å²) in [6.45, 7) is 7.10. The molecule has 0 aromatic rings. The van der Waals surface area contributed by atoms with E-state index in [1.54, 1.807) is 0 Å². The molecule has 24 heavy (non-hydrogen) atoms. The van der Waals surface area contributed by atoms with Crippen LogP contribution in [0.3, 0.4) is 0 Å². The predicted molar refractivity (Wildman–Crippen MR) is 102 cm³/mol. The SMILES string of the molecule is C1CCC2=NCCCN2CC1.C1CCN2CCN=C2C1.[2H]B=N.[2H][B].[U]. The quantitative estimate of drug-likeness (QED) is 0.462. The fourth-order valence-electron chi connectivity index (χ4n) is 3.53. The monoisotopic (exact) mass is 555 g/mol. The summed E-state index contributed by atoms with van der Waals surface area (Å²) >= 11 is 0. The second-order valence-electron chi connectivity index (χ2n) is 6.19. The summed E-state index contributed by atoms with van der Waals surface area (Å²) in [5.74, 6) is 2.77. The van der Waals surface area contributed by atoms with E-state index in [0.717, 1.165) is 13.1 Å². The minimum atomic E-state index is 0. The number of fused-ring (bicyclic) bond motifs is 2. The topological polar surface area (TPSA) is 55.0 Å². The summed E-state index contributed by atoms with van der Waals surface area (Å²) in [6.07, 6.45) is 10.6. The van der Waals surface area contributed by atoms with E-state index in [2.05, 4.69) is 28.2 Å². The largest absolute Gasteiger partial charge is 0.0379 e. The second-order valence-corrected chi connectivity index (χ2v) is 6.19. The van der Waals surface area contributed by atoms with Gasteiger partial charge in [-0.2, -0.15) is 0 Å². The number of rotatable bonds is 0. The number of piperidine rings is 1. The minimum absolute atomic E-state index is 0. The van der Waals surface area contributed by atoms with Crippen molar-refractivity contribution in [3.8, 4) is 0 Å². The molecule has 0 atom stereocenters. The van der Waals surface area contributed by atoms with Crippen LogP contribution in [-0.2, 0) is 0 Å². The zero-order valence-corrected chi connectivity index (χ0v) is 19.0. The van der Waals surface area contributed by atoms with E-state index in [9.17, 15) is 0 Å². The van der Waals surface area contributed by atoms with Crippen molar-refractivity contribution in [1.82, 2.24) is 9.80 Å². The number of amidine groups is 2. The minimum Gasteiger partial charge on any atom is -0.0379 e. The number of hydrogen-bond donors (Lipinski definition) is 1. The molecule has 5 nitrogen and oxygen atoms in total. The van der Waals surface area contributed by atoms with Crippen LogP contribution in [-0.4, -0.2) is 79.4 Å². The average Bonchev–Trinajstić information content (AvgIpc) is 3.02. The molecule has 0 aliphatic carbocycles. The summed E-state index contributed by atoms with van der Waals surface area (Å²) in [6, 6.07) is 0. The molecule has 2 fully saturated rings. The van der Waals surface area contributed by atoms with Crippen LogP contribution in [0, 0.1) is 36.4 Å². The number of hydrogen-bond acceptors (Lipinski definition) is 5. The van der Waals surface area contributed by atoms with Gasteiger partial charge < -0.3 is 9.80 Å². The van der Waals surface area contributed by atoms with Gasteiger partial charge >= 0.3 is 14.3 Å². The molecule has 0 spiro atoms. The Morgan fingerprint density at radius 3 is 2.04 bits per heavy atom. The van der Waals surface area contributed by atoms with Crippen molar-refractivity contribution < 1.29 is 31.1 Å². The Morgan fingerprint density at radius 2 is 1.33 bits per heavy atom. The smallest absolute Gasteiger partial charge is 0.0379 e. The molecule has 4 aliphatic rings. The van der Waals surface area contributed by atoms with Gasteiger partial charge in [-0.25, -0.2) is 0 Å². The number of aliphatic imine (C=N–C) groups is 2. The van der Waals surface area contributed by atoms with E-state index in [1.165, 1.54) is 89.2 Å². The van der Waals surface area contributed by atoms with Crippen LogP contribution in [0.5, 0.6) is 0 Å². The van der Waals surface area contributed by atoms with Crippen LogP contribution in [0.25, 0.3) is 0 Å². The fourth-order valence-corrected chi connectivity index (χ4v) is 3.53. The molecule has 4 aliphatic heterocycles. The molecule has 1 N–H and O–H groups in total. The zero-order valence-electron chi connectivity index (χ0n) is 16.8. The van der Waals surface area contributed by atoms with Gasteiger partial charge in [-0.15, -0.1) is 0 Å². The molecule has 4 heterocycles. The maximum atomic E-state index is 5.75. The molecule has 130 valence electrons. The first-order valence-corrected chi connectivity index (χ1v) is 8.79. The Morgan fingerprint density at radius 1 is 0.833 bits per heavy atom. The maximum Gasteiger partial charge on any atom is 0.0379 e. The third-order valence-corrected chi connectivity index (χ3v) is 4.68. The summed E-state index contributed by atoms with van der Waals surface area (Å²) in [5.41, 5.74) is 0. The van der Waals surface area contributed by atoms with Crippen LogP contribution in [0.2, 0.25) is 0 Å². The molecular weight excluding hydrogens is 522 g/mol. The van der Waals surface area contributed by atoms with Crippen LogP contribution in [0.15, 0.2) is 9.98 Å². The van der Waals surface area contributed by atoms with Crippen molar-refractivity contribution in [2.45, 2.75) is 51.4 Å². The molecule has 0 saturated carbocycles. The van der Waals surface area contributed by atoms with Crippen molar-refractivity contribution >= 4 is 27.6 Å². The summed E-state index contributed by atoms with van der Waals surface area (Å²) < 4.78 is 11.0. The number of nitrogens with one attached hydrogen (secondary N) is 1. The Hall–Kier alpha value is -0.0782. The van der Waals surface area contributed by atoms with Gasteiger partial charge in [0.05, 0.1) is 18.2 Å². The van der Waals surface area contributed by atoms with E-state index in [4.69, 9.17) is 7.98 Å². The Balaban J connectivity index is 0.000000379. The molecule has 0 aromatic heterocycles. The molecule has 0 aromatic carbocycles. The van der Waals surface area contributed by atoms with Gasteiger partial charge in [0.25, 0.3) is 0 Å². The summed E-state index contributed by atoms with van der Waals surface area (Å²) in [4.78, 5) is 13.9. The van der Waals surface area contributed by atoms with Crippen LogP contribution in [0.4, 0.5) is 0 Å². The van der Waals surface area contributed by atoms with Crippen molar-refractivity contribution in [3.05, 3.63) is 0 Å². The van der Waals surface area contributed by atoms with E-state index < -0.39 is 0 Å². The first-order valence-electron chi connectivity index (χ1n) is 9.94. The van der Waals surface area contributed by atoms with Crippen LogP contribution in [0.1, 0.15) is 51.4 Å². The van der Waals surface area contributed by atoms with Crippen molar-refractivity contribution in [2.75, 3.05) is 39.3 Å². The van der Waals surface area contributed by atoms with Gasteiger partial charge in [-0.3, -0.25) is 9.98 Å². The normalized spacial score (nSPS) is 22.0. The Kier molecular flexibility index (Phi) is 11.9. The Bertz CT molecular complexity index is 441. The first-order chi connectivity index (χ1) is 12.3. The maximum absolute atomic E-state index is 5.75. The van der Waals surface area contributed by atoms with Gasteiger partial charge in [-0.1, -0.05) is 6.42 Å². The van der Waals surface area contributed by atoms with Crippen LogP contribution < -0.4 is 0 Å². The fraction of sp³-hybridized carbons (Fsp3) is 0.875. The van der Waals surface area contributed by atoms with Crippen molar-refractivity contribution in [1.29, 1.82) is 7.98 Å². The standard InChI is InChI=1S/C9H16N2.C7H12N2.BH2N.BH.U/c1-2-5-9-10-6-4-8-11(9)7-3-1;1-2-5-9-6-4-8-7(9)3-1;1-2;;/h1-8H2;1-6H2;1-2H;1H;/i;;2*1D;. The molecule has 0 amide bonds. The van der Waals surface area contributed by atoms with E-state index in [1.807, 2.05) is 0 Å². The van der Waals surface area contributed by atoms with E-state index in [-0.39, 0.29) is 31.1 Å². The van der Waals surface area contributed by atoms with Gasteiger partial charge in [-0.05, 0) is 33.4 Å². The van der Waals surface area contributed by atoms with E-state index >= 15 is 0 Å². The molecule has 4 rings (SSSR count). The van der Waals surface area contributed by atoms with E-state index in [0.29, 0.717) is 7.60 Å². The third kappa shape index (κ3) is 7.44. The molecular formula is C16H31B2N5U. The van der Waals surface area contributed by atoms with Gasteiger partial charge in [0.15, 0.2) is 0 Å². The van der Waals surface area contributed by atoms with Gasteiger partial charge in [0.2, 0.25) is 0 Å². The first kappa shape index (κ1) is 20.2. The van der Waals surface area contributed by atoms with Crippen LogP contribution >= 0.6 is 0 Å². The number of nitrogens with zero attached hydrogens (tertiary/aromatic N) is 4. The predicted octanol–water partition coefficient (Wildman–Crippen LogP) is 1.55. The van der Waals surface area contributed by atoms with Crippen molar-refractivity contribution in [2.24, 2.45) is 9.98 Å². The van der Waals surface area contributed by atoms with Gasteiger partial charge in [0.1, 0.15) is 0 Å². The van der Waals surface area contributed by atoms with Gasteiger partial charge in [0, 0.05) is 85.1 Å². The molecule has 8 heteroatoms. The summed E-state index contributed by atoms with van der Waals surface area (Å²) in [5, 5.41) is 5.75.